The molecule has 146 valence electrons. The maximum absolute atomic E-state index is 12.6. The minimum atomic E-state index is -3.60. The van der Waals surface area contributed by atoms with Gasteiger partial charge in [0.2, 0.25) is 15.9 Å². The number of rotatable bonds is 6. The third-order valence-electron chi connectivity index (χ3n) is 4.32. The fraction of sp³-hybridized carbons (Fsp3) is 0.333. The molecule has 1 unspecified atom stereocenters. The highest BCUT2D eigenvalue weighted by atomic mass is 35.5. The third-order valence-corrected chi connectivity index (χ3v) is 5.79. The van der Waals surface area contributed by atoms with Crippen LogP contribution in [0.15, 0.2) is 59.8 Å². The van der Waals surface area contributed by atoms with E-state index in [2.05, 4.69) is 15.0 Å². The van der Waals surface area contributed by atoms with Gasteiger partial charge >= 0.3 is 0 Å². The number of nitrogens with zero attached hydrogens (tertiary/aromatic N) is 2. The van der Waals surface area contributed by atoms with E-state index in [0.29, 0.717) is 13.1 Å². The summed E-state index contributed by atoms with van der Waals surface area (Å²) in [5.74, 6) is -0.0730. The molecule has 1 fully saturated rings. The minimum absolute atomic E-state index is 0. The van der Waals surface area contributed by atoms with Gasteiger partial charge in [0.25, 0.3) is 0 Å². The number of carbonyl (C=O) groups is 1. The highest BCUT2D eigenvalue weighted by Gasteiger charge is 2.27. The lowest BCUT2D eigenvalue weighted by molar-refractivity contribution is -0.134. The van der Waals surface area contributed by atoms with E-state index in [4.69, 9.17) is 0 Å². The number of halogens is 1. The number of piperazine rings is 1. The van der Waals surface area contributed by atoms with Crippen LogP contribution in [-0.4, -0.2) is 50.4 Å². The number of amides is 1. The smallest absolute Gasteiger partial charge is 0.240 e. The predicted molar refractivity (Wildman–Crippen MR) is 105 cm³/mol. The molecule has 0 radical (unpaired) electrons. The van der Waals surface area contributed by atoms with Gasteiger partial charge in [-0.15, -0.1) is 12.4 Å². The zero-order valence-corrected chi connectivity index (χ0v) is 16.4. The lowest BCUT2D eigenvalue weighted by Gasteiger charge is -2.36. The predicted octanol–water partition coefficient (Wildman–Crippen LogP) is 1.34. The van der Waals surface area contributed by atoms with Crippen LogP contribution >= 0.6 is 12.4 Å². The van der Waals surface area contributed by atoms with E-state index in [-0.39, 0.29) is 42.2 Å². The van der Waals surface area contributed by atoms with Crippen LogP contribution in [0.1, 0.15) is 18.0 Å². The molecule has 9 heteroatoms. The molecule has 1 atom stereocenters. The van der Waals surface area contributed by atoms with Crippen LogP contribution in [0.2, 0.25) is 0 Å². The van der Waals surface area contributed by atoms with E-state index in [1.807, 2.05) is 12.1 Å². The standard InChI is InChI=1S/C18H22N4O3S.ClH/c23-18(8-10-21-26(24,25)16-6-2-1-3-7-16)22-12-11-20-14-17(22)15-5-4-9-19-13-15;/h1-7,9,13,17,20-21H,8,10-12,14H2;1H. The molecular formula is C18H23ClN4O3S. The molecule has 1 aliphatic heterocycles. The van der Waals surface area contributed by atoms with E-state index in [9.17, 15) is 13.2 Å². The van der Waals surface area contributed by atoms with Gasteiger partial charge in [-0.3, -0.25) is 9.78 Å². The van der Waals surface area contributed by atoms with Crippen LogP contribution in [-0.2, 0) is 14.8 Å². The van der Waals surface area contributed by atoms with Crippen molar-refractivity contribution in [2.75, 3.05) is 26.2 Å². The van der Waals surface area contributed by atoms with Crippen LogP contribution in [0.4, 0.5) is 0 Å². The Bertz CT molecular complexity index is 834. The Morgan fingerprint density at radius 2 is 2.00 bits per heavy atom. The molecule has 1 amide bonds. The first-order valence-corrected chi connectivity index (χ1v) is 10.0. The molecule has 0 saturated carbocycles. The molecule has 27 heavy (non-hydrogen) atoms. The highest BCUT2D eigenvalue weighted by Crippen LogP contribution is 2.22. The summed E-state index contributed by atoms with van der Waals surface area (Å²) in [4.78, 5) is 18.8. The number of pyridine rings is 1. The van der Waals surface area contributed by atoms with Crippen LogP contribution < -0.4 is 10.0 Å². The average Bonchev–Trinajstić information content (AvgIpc) is 2.69. The van der Waals surface area contributed by atoms with Gasteiger partial charge in [-0.25, -0.2) is 13.1 Å². The Labute approximate surface area is 165 Å². The third kappa shape index (κ3) is 5.49. The second kappa shape index (κ2) is 9.80. The van der Waals surface area contributed by atoms with Crippen molar-refractivity contribution in [3.05, 3.63) is 60.4 Å². The maximum atomic E-state index is 12.6. The molecule has 3 rings (SSSR count). The number of benzene rings is 1. The normalized spacial score (nSPS) is 17.2. The van der Waals surface area contributed by atoms with E-state index in [1.165, 1.54) is 12.1 Å². The number of hydrogen-bond acceptors (Lipinski definition) is 5. The minimum Gasteiger partial charge on any atom is -0.333 e. The van der Waals surface area contributed by atoms with Gasteiger partial charge in [-0.1, -0.05) is 24.3 Å². The molecular weight excluding hydrogens is 388 g/mol. The van der Waals surface area contributed by atoms with Crippen molar-refractivity contribution >= 4 is 28.3 Å². The first-order chi connectivity index (χ1) is 12.6. The summed E-state index contributed by atoms with van der Waals surface area (Å²) in [7, 11) is -3.60. The van der Waals surface area contributed by atoms with E-state index in [0.717, 1.165) is 12.1 Å². The lowest BCUT2D eigenvalue weighted by atomic mass is 10.0. The Morgan fingerprint density at radius 3 is 2.70 bits per heavy atom. The highest BCUT2D eigenvalue weighted by molar-refractivity contribution is 7.89. The molecule has 7 nitrogen and oxygen atoms in total. The van der Waals surface area contributed by atoms with Crippen molar-refractivity contribution in [1.29, 1.82) is 0 Å². The van der Waals surface area contributed by atoms with E-state index in [1.54, 1.807) is 35.5 Å². The summed E-state index contributed by atoms with van der Waals surface area (Å²) >= 11 is 0. The molecule has 0 bridgehead atoms. The first kappa shape index (κ1) is 21.3. The van der Waals surface area contributed by atoms with Gasteiger partial charge in [0.05, 0.1) is 10.9 Å². The van der Waals surface area contributed by atoms with Crippen LogP contribution in [0.5, 0.6) is 0 Å². The number of sulfonamides is 1. The second-order valence-electron chi connectivity index (χ2n) is 6.05. The summed E-state index contributed by atoms with van der Waals surface area (Å²) in [6.07, 6.45) is 3.57. The molecule has 0 aliphatic carbocycles. The van der Waals surface area contributed by atoms with Gasteiger partial charge in [-0.05, 0) is 23.8 Å². The molecule has 1 saturated heterocycles. The number of aromatic nitrogens is 1. The van der Waals surface area contributed by atoms with Gasteiger partial charge in [0, 0.05) is 45.0 Å². The van der Waals surface area contributed by atoms with Gasteiger partial charge in [-0.2, -0.15) is 0 Å². The zero-order chi connectivity index (χ0) is 18.4. The summed E-state index contributed by atoms with van der Waals surface area (Å²) in [5.41, 5.74) is 0.970. The second-order valence-corrected chi connectivity index (χ2v) is 7.82. The maximum Gasteiger partial charge on any atom is 0.240 e. The van der Waals surface area contributed by atoms with Crippen molar-refractivity contribution in [3.63, 3.8) is 0 Å². The molecule has 0 spiro atoms. The summed E-state index contributed by atoms with van der Waals surface area (Å²) in [6.45, 7) is 2.04. The molecule has 2 heterocycles. The van der Waals surface area contributed by atoms with Crippen molar-refractivity contribution in [3.8, 4) is 0 Å². The van der Waals surface area contributed by atoms with Crippen molar-refractivity contribution in [2.45, 2.75) is 17.4 Å². The fourth-order valence-electron chi connectivity index (χ4n) is 2.99. The molecule has 1 aromatic heterocycles. The summed E-state index contributed by atoms with van der Waals surface area (Å²) < 4.78 is 26.9. The zero-order valence-electron chi connectivity index (χ0n) is 14.7. The SMILES string of the molecule is Cl.O=C(CCNS(=O)(=O)c1ccccc1)N1CCNCC1c1cccnc1. The van der Waals surface area contributed by atoms with E-state index < -0.39 is 10.0 Å². The van der Waals surface area contributed by atoms with Crippen molar-refractivity contribution in [2.24, 2.45) is 0 Å². The molecule has 1 aliphatic rings. The Balaban J connectivity index is 0.00000261. The monoisotopic (exact) mass is 410 g/mol. The number of hydrogen-bond donors (Lipinski definition) is 2. The number of nitrogens with one attached hydrogen (secondary N) is 2. The largest absolute Gasteiger partial charge is 0.333 e. The van der Waals surface area contributed by atoms with Gasteiger partial charge in [0.1, 0.15) is 0 Å². The van der Waals surface area contributed by atoms with Crippen LogP contribution in [0.3, 0.4) is 0 Å². The van der Waals surface area contributed by atoms with Crippen LogP contribution in [0, 0.1) is 0 Å². The summed E-state index contributed by atoms with van der Waals surface area (Å²) in [5, 5.41) is 3.29. The van der Waals surface area contributed by atoms with Gasteiger partial charge in [0.15, 0.2) is 0 Å². The summed E-state index contributed by atoms with van der Waals surface area (Å²) in [6, 6.07) is 11.8. The van der Waals surface area contributed by atoms with Crippen LogP contribution in [0.25, 0.3) is 0 Å². The van der Waals surface area contributed by atoms with E-state index >= 15 is 0 Å². The van der Waals surface area contributed by atoms with Crippen molar-refractivity contribution < 1.29 is 13.2 Å². The van der Waals surface area contributed by atoms with Gasteiger partial charge < -0.3 is 10.2 Å². The van der Waals surface area contributed by atoms with Crippen molar-refractivity contribution in [1.82, 2.24) is 19.9 Å². The molecule has 2 N–H and O–H groups in total. The Morgan fingerprint density at radius 1 is 1.22 bits per heavy atom. The molecule has 2 aromatic rings. The fourth-order valence-corrected chi connectivity index (χ4v) is 4.05. The topological polar surface area (TPSA) is 91.4 Å². The lowest BCUT2D eigenvalue weighted by Crippen LogP contribution is -2.49. The molecule has 1 aromatic carbocycles. The number of carbonyl (C=O) groups excluding carboxylic acids is 1. The Kier molecular flexibility index (Phi) is 7.73. The first-order valence-electron chi connectivity index (χ1n) is 8.53. The quantitative estimate of drug-likeness (QED) is 0.750. The average molecular weight is 411 g/mol. The Hall–Kier alpha value is -2.00.